The van der Waals surface area contributed by atoms with Gasteiger partial charge >= 0.3 is 0 Å². The zero-order valence-corrected chi connectivity index (χ0v) is 14.9. The molecule has 0 fully saturated rings. The molecule has 0 aliphatic carbocycles. The van der Waals surface area contributed by atoms with Gasteiger partial charge in [-0.1, -0.05) is 72.8 Å². The highest BCUT2D eigenvalue weighted by molar-refractivity contribution is 5.97. The lowest BCUT2D eigenvalue weighted by molar-refractivity contribution is 0.437. The maximum Gasteiger partial charge on any atom is 0.244 e. The van der Waals surface area contributed by atoms with E-state index in [1.54, 1.807) is 0 Å². The molecule has 2 unspecified atom stereocenters. The molecular formula is C23H16N4O. The maximum atomic E-state index is 9.79. The summed E-state index contributed by atoms with van der Waals surface area (Å²) in [5.74, 6) is -0.732. The molecule has 2 atom stereocenters. The largest absolute Gasteiger partial charge is 0.422 e. The number of H-pyrrole nitrogens is 1. The summed E-state index contributed by atoms with van der Waals surface area (Å²) in [7, 11) is 0. The van der Waals surface area contributed by atoms with Crippen LogP contribution in [0, 0.1) is 22.7 Å². The Bertz CT molecular complexity index is 1230. The van der Waals surface area contributed by atoms with Crippen molar-refractivity contribution in [3.63, 3.8) is 0 Å². The van der Waals surface area contributed by atoms with E-state index in [0.29, 0.717) is 5.88 Å². The molecule has 28 heavy (non-hydrogen) atoms. The number of hydrogen-bond acceptors (Lipinski definition) is 4. The molecule has 4 aromatic rings. The van der Waals surface area contributed by atoms with Crippen LogP contribution in [-0.4, -0.2) is 16.1 Å². The Labute approximate surface area is 161 Å². The van der Waals surface area contributed by atoms with Gasteiger partial charge in [-0.05, 0) is 16.3 Å². The van der Waals surface area contributed by atoms with E-state index in [2.05, 4.69) is 34.5 Å². The van der Waals surface area contributed by atoms with Crippen LogP contribution in [0.2, 0.25) is 0 Å². The van der Waals surface area contributed by atoms with Crippen LogP contribution in [0.5, 0.6) is 5.88 Å². The predicted molar refractivity (Wildman–Crippen MR) is 107 cm³/mol. The fourth-order valence-corrected chi connectivity index (χ4v) is 3.99. The van der Waals surface area contributed by atoms with Crippen molar-refractivity contribution in [2.75, 3.05) is 0 Å². The van der Waals surface area contributed by atoms with E-state index < -0.39 is 5.92 Å². The van der Waals surface area contributed by atoms with E-state index in [1.807, 2.05) is 54.6 Å². The predicted octanol–water partition coefficient (Wildman–Crippen LogP) is 4.87. The van der Waals surface area contributed by atoms with Gasteiger partial charge < -0.3 is 4.74 Å². The van der Waals surface area contributed by atoms with Crippen LogP contribution in [-0.2, 0) is 0 Å². The first-order valence-electron chi connectivity index (χ1n) is 9.05. The SMILES string of the molecule is N#CC1C(=N)Oc2n[nH]c(-c3cccc4ccccc34)c2C1c1ccccc1. The van der Waals surface area contributed by atoms with Gasteiger partial charge in [-0.2, -0.15) is 5.26 Å². The lowest BCUT2D eigenvalue weighted by atomic mass is 9.78. The molecule has 0 saturated carbocycles. The van der Waals surface area contributed by atoms with Crippen molar-refractivity contribution in [3.8, 4) is 23.2 Å². The molecule has 2 N–H and O–H groups in total. The quantitative estimate of drug-likeness (QED) is 0.532. The second kappa shape index (κ2) is 6.36. The molecule has 5 nitrogen and oxygen atoms in total. The van der Waals surface area contributed by atoms with Crippen molar-refractivity contribution < 1.29 is 4.74 Å². The number of benzene rings is 3. The summed E-state index contributed by atoms with van der Waals surface area (Å²) < 4.78 is 5.62. The molecule has 0 saturated heterocycles. The van der Waals surface area contributed by atoms with Gasteiger partial charge in [0.25, 0.3) is 0 Å². The highest BCUT2D eigenvalue weighted by atomic mass is 16.5. The smallest absolute Gasteiger partial charge is 0.244 e. The van der Waals surface area contributed by atoms with Crippen molar-refractivity contribution in [2.24, 2.45) is 5.92 Å². The monoisotopic (exact) mass is 364 g/mol. The average molecular weight is 364 g/mol. The van der Waals surface area contributed by atoms with Crippen molar-refractivity contribution in [1.82, 2.24) is 10.2 Å². The Kier molecular flexibility index (Phi) is 3.70. The summed E-state index contributed by atoms with van der Waals surface area (Å²) in [6.45, 7) is 0. The first-order valence-corrected chi connectivity index (χ1v) is 9.05. The fraction of sp³-hybridized carbons (Fsp3) is 0.0870. The molecule has 1 aliphatic rings. The number of ether oxygens (including phenoxy) is 1. The molecule has 0 bridgehead atoms. The third kappa shape index (κ3) is 2.39. The van der Waals surface area contributed by atoms with Crippen LogP contribution in [0.1, 0.15) is 17.0 Å². The second-order valence-corrected chi connectivity index (χ2v) is 6.81. The van der Waals surface area contributed by atoms with Gasteiger partial charge in [0.1, 0.15) is 5.92 Å². The van der Waals surface area contributed by atoms with Gasteiger partial charge in [0.15, 0.2) is 0 Å². The van der Waals surface area contributed by atoms with Crippen LogP contribution >= 0.6 is 0 Å². The zero-order valence-electron chi connectivity index (χ0n) is 14.9. The van der Waals surface area contributed by atoms with Gasteiger partial charge in [0.05, 0.1) is 17.3 Å². The molecule has 3 aromatic carbocycles. The highest BCUT2D eigenvalue weighted by Crippen LogP contribution is 2.46. The van der Waals surface area contributed by atoms with Crippen molar-refractivity contribution in [2.45, 2.75) is 5.92 Å². The molecule has 2 heterocycles. The Morgan fingerprint density at radius 2 is 1.71 bits per heavy atom. The third-order valence-corrected chi connectivity index (χ3v) is 5.26. The number of fused-ring (bicyclic) bond motifs is 2. The topological polar surface area (TPSA) is 85.6 Å². The highest BCUT2D eigenvalue weighted by Gasteiger charge is 2.40. The van der Waals surface area contributed by atoms with Gasteiger partial charge in [-0.25, -0.2) is 0 Å². The summed E-state index contributed by atoms with van der Waals surface area (Å²) in [4.78, 5) is 0. The molecule has 0 radical (unpaired) electrons. The summed E-state index contributed by atoms with van der Waals surface area (Å²) in [6.07, 6.45) is 0. The summed E-state index contributed by atoms with van der Waals surface area (Å²) in [6, 6.07) is 26.3. The Morgan fingerprint density at radius 1 is 0.964 bits per heavy atom. The zero-order chi connectivity index (χ0) is 19.1. The van der Waals surface area contributed by atoms with Crippen LogP contribution in [0.4, 0.5) is 0 Å². The lowest BCUT2D eigenvalue weighted by Gasteiger charge is -2.28. The number of aromatic nitrogens is 2. The molecule has 5 heteroatoms. The molecule has 0 amide bonds. The summed E-state index contributed by atoms with van der Waals surface area (Å²) >= 11 is 0. The molecular weight excluding hydrogens is 348 g/mol. The maximum absolute atomic E-state index is 9.79. The molecule has 1 aromatic heterocycles. The first-order chi connectivity index (χ1) is 13.8. The average Bonchev–Trinajstić information content (AvgIpc) is 3.16. The molecule has 1 aliphatic heterocycles. The van der Waals surface area contributed by atoms with Crippen molar-refractivity contribution in [3.05, 3.63) is 83.9 Å². The van der Waals surface area contributed by atoms with E-state index in [0.717, 1.165) is 33.2 Å². The van der Waals surface area contributed by atoms with Crippen molar-refractivity contribution in [1.29, 1.82) is 10.7 Å². The minimum Gasteiger partial charge on any atom is -0.422 e. The lowest BCUT2D eigenvalue weighted by Crippen LogP contribution is -2.30. The van der Waals surface area contributed by atoms with E-state index in [-0.39, 0.29) is 11.8 Å². The number of aromatic amines is 1. The van der Waals surface area contributed by atoms with E-state index in [9.17, 15) is 5.26 Å². The Hall–Kier alpha value is -3.91. The number of hydrogen-bond donors (Lipinski definition) is 2. The van der Waals surface area contributed by atoms with Gasteiger partial charge in [0, 0.05) is 11.5 Å². The van der Waals surface area contributed by atoms with Gasteiger partial charge in [0.2, 0.25) is 11.8 Å². The molecule has 5 rings (SSSR count). The van der Waals surface area contributed by atoms with Gasteiger partial charge in [-0.3, -0.25) is 10.5 Å². The van der Waals surface area contributed by atoms with Crippen LogP contribution in [0.15, 0.2) is 72.8 Å². The second-order valence-electron chi connectivity index (χ2n) is 6.81. The molecule has 134 valence electrons. The molecule has 0 spiro atoms. The number of rotatable bonds is 2. The van der Waals surface area contributed by atoms with E-state index in [1.165, 1.54) is 0 Å². The summed E-state index contributed by atoms with van der Waals surface area (Å²) in [5, 5.41) is 27.7. The van der Waals surface area contributed by atoms with Crippen LogP contribution in [0.3, 0.4) is 0 Å². The number of nitriles is 1. The van der Waals surface area contributed by atoms with Crippen LogP contribution in [0.25, 0.3) is 22.0 Å². The van der Waals surface area contributed by atoms with Gasteiger partial charge in [-0.15, -0.1) is 5.10 Å². The third-order valence-electron chi connectivity index (χ3n) is 5.26. The number of nitrogens with zero attached hydrogens (tertiary/aromatic N) is 2. The Morgan fingerprint density at radius 3 is 2.54 bits per heavy atom. The standard InChI is InChI=1S/C23H16N4O/c24-13-18-19(15-8-2-1-3-9-15)20-21(26-27-23(20)28-22(18)25)17-12-6-10-14-7-4-5-11-16(14)17/h1-12,18-19,25H,(H,26,27). The van der Waals surface area contributed by atoms with E-state index in [4.69, 9.17) is 10.1 Å². The first kappa shape index (κ1) is 16.3. The minimum absolute atomic E-state index is 0.0696. The number of nitrogens with one attached hydrogen (secondary N) is 2. The Balaban J connectivity index is 1.79. The van der Waals surface area contributed by atoms with Crippen molar-refractivity contribution >= 4 is 16.7 Å². The summed E-state index contributed by atoms with van der Waals surface area (Å²) in [5.41, 5.74) is 3.62. The fourth-order valence-electron chi connectivity index (χ4n) is 3.99. The normalized spacial score (nSPS) is 18.3. The minimum atomic E-state index is -0.707. The van der Waals surface area contributed by atoms with E-state index >= 15 is 0 Å². The van der Waals surface area contributed by atoms with Crippen LogP contribution < -0.4 is 4.74 Å².